The molecule has 0 saturated carbocycles. The van der Waals surface area contributed by atoms with Gasteiger partial charge in [0.1, 0.15) is 5.69 Å². The first-order valence-corrected chi connectivity index (χ1v) is 6.79. The highest BCUT2D eigenvalue weighted by molar-refractivity contribution is 5.87. The number of benzene rings is 1. The molecule has 2 N–H and O–H groups in total. The zero-order valence-corrected chi connectivity index (χ0v) is 11.8. The molecule has 1 aromatic heterocycles. The number of aromatic nitrogens is 1. The van der Waals surface area contributed by atoms with Crippen LogP contribution in [0.25, 0.3) is 0 Å². The Morgan fingerprint density at radius 1 is 1.25 bits per heavy atom. The van der Waals surface area contributed by atoms with E-state index in [2.05, 4.69) is 34.1 Å². The van der Waals surface area contributed by atoms with E-state index in [0.717, 1.165) is 12.1 Å². The summed E-state index contributed by atoms with van der Waals surface area (Å²) < 4.78 is 4.68. The average molecular weight is 272 g/mol. The second-order valence-electron chi connectivity index (χ2n) is 4.64. The maximum Gasteiger partial charge on any atom is 0.354 e. The summed E-state index contributed by atoms with van der Waals surface area (Å²) in [6, 6.07) is 14.3. The van der Waals surface area contributed by atoms with Gasteiger partial charge in [-0.1, -0.05) is 37.3 Å². The summed E-state index contributed by atoms with van der Waals surface area (Å²) in [5, 5.41) is 3.49. The first kappa shape index (κ1) is 14.3. The number of hydrogen-bond donors (Lipinski definition) is 2. The summed E-state index contributed by atoms with van der Waals surface area (Å²) in [4.78, 5) is 14.4. The Labute approximate surface area is 119 Å². The quantitative estimate of drug-likeness (QED) is 0.795. The lowest BCUT2D eigenvalue weighted by molar-refractivity contribution is 0.0594. The minimum atomic E-state index is -0.341. The second-order valence-corrected chi connectivity index (χ2v) is 4.64. The van der Waals surface area contributed by atoms with Gasteiger partial charge in [-0.2, -0.15) is 0 Å². The van der Waals surface area contributed by atoms with Crippen molar-refractivity contribution in [3.8, 4) is 0 Å². The molecule has 0 radical (unpaired) electrons. The van der Waals surface area contributed by atoms with E-state index < -0.39 is 0 Å². The zero-order valence-electron chi connectivity index (χ0n) is 11.8. The van der Waals surface area contributed by atoms with Gasteiger partial charge in [-0.15, -0.1) is 0 Å². The number of carbonyl (C=O) groups is 1. The van der Waals surface area contributed by atoms with Crippen LogP contribution in [0.15, 0.2) is 42.5 Å². The minimum Gasteiger partial charge on any atom is -0.464 e. The van der Waals surface area contributed by atoms with Crippen LogP contribution >= 0.6 is 0 Å². The molecule has 0 amide bonds. The van der Waals surface area contributed by atoms with Crippen LogP contribution in [-0.4, -0.2) is 18.1 Å². The summed E-state index contributed by atoms with van der Waals surface area (Å²) in [6.45, 7) is 2.84. The lowest BCUT2D eigenvalue weighted by Gasteiger charge is -2.16. The zero-order chi connectivity index (χ0) is 14.4. The van der Waals surface area contributed by atoms with Crippen molar-refractivity contribution in [3.05, 3.63) is 59.4 Å². The van der Waals surface area contributed by atoms with Crippen molar-refractivity contribution < 1.29 is 9.53 Å². The van der Waals surface area contributed by atoms with Crippen molar-refractivity contribution in [1.29, 1.82) is 0 Å². The largest absolute Gasteiger partial charge is 0.464 e. The monoisotopic (exact) mass is 272 g/mol. The molecule has 1 aromatic carbocycles. The van der Waals surface area contributed by atoms with Gasteiger partial charge in [0, 0.05) is 18.3 Å². The fourth-order valence-corrected chi connectivity index (χ4v) is 2.19. The van der Waals surface area contributed by atoms with Crippen LogP contribution in [-0.2, 0) is 11.3 Å². The lowest BCUT2D eigenvalue weighted by atomic mass is 10.0. The number of H-pyrrole nitrogens is 1. The molecule has 106 valence electrons. The number of esters is 1. The van der Waals surface area contributed by atoms with Gasteiger partial charge in [0.25, 0.3) is 0 Å². The molecule has 1 atom stereocenters. The second kappa shape index (κ2) is 6.91. The highest BCUT2D eigenvalue weighted by atomic mass is 16.5. The fraction of sp³-hybridized carbons (Fsp3) is 0.312. The van der Waals surface area contributed by atoms with Crippen molar-refractivity contribution in [2.45, 2.75) is 25.9 Å². The first-order valence-electron chi connectivity index (χ1n) is 6.79. The first-order chi connectivity index (χ1) is 9.74. The third kappa shape index (κ3) is 3.48. The molecule has 2 aromatic rings. The SMILES string of the molecule is CCC(NCc1ccc(C(=O)OC)[nH]1)c1ccccc1. The number of rotatable bonds is 6. The van der Waals surface area contributed by atoms with E-state index in [-0.39, 0.29) is 5.97 Å². The van der Waals surface area contributed by atoms with Gasteiger partial charge in [-0.05, 0) is 24.1 Å². The van der Waals surface area contributed by atoms with E-state index in [4.69, 9.17) is 0 Å². The van der Waals surface area contributed by atoms with Crippen molar-refractivity contribution in [2.24, 2.45) is 0 Å². The molecule has 0 aliphatic carbocycles. The molecule has 0 aliphatic rings. The summed E-state index contributed by atoms with van der Waals surface area (Å²) in [5.74, 6) is -0.341. The van der Waals surface area contributed by atoms with Gasteiger partial charge in [0.2, 0.25) is 0 Å². The molecule has 20 heavy (non-hydrogen) atoms. The van der Waals surface area contributed by atoms with E-state index in [9.17, 15) is 4.79 Å². The Balaban J connectivity index is 1.97. The van der Waals surface area contributed by atoms with Gasteiger partial charge in [-0.25, -0.2) is 4.79 Å². The maximum absolute atomic E-state index is 11.4. The Hall–Kier alpha value is -2.07. The number of methoxy groups -OCH3 is 1. The molecule has 0 fully saturated rings. The predicted octanol–water partition coefficient (Wildman–Crippen LogP) is 3.04. The fourth-order valence-electron chi connectivity index (χ4n) is 2.19. The molecule has 1 unspecified atom stereocenters. The highest BCUT2D eigenvalue weighted by Crippen LogP contribution is 2.16. The predicted molar refractivity (Wildman–Crippen MR) is 78.4 cm³/mol. The van der Waals surface area contributed by atoms with Crippen molar-refractivity contribution in [1.82, 2.24) is 10.3 Å². The van der Waals surface area contributed by atoms with E-state index in [1.165, 1.54) is 12.7 Å². The standard InChI is InChI=1S/C16H20N2O2/c1-3-14(12-7-5-4-6-8-12)17-11-13-9-10-15(18-13)16(19)20-2/h4-10,14,17-18H,3,11H2,1-2H3. The average Bonchev–Trinajstić information content (AvgIpc) is 2.97. The molecule has 0 bridgehead atoms. The van der Waals surface area contributed by atoms with Crippen molar-refractivity contribution >= 4 is 5.97 Å². The Morgan fingerprint density at radius 3 is 2.65 bits per heavy atom. The third-order valence-electron chi connectivity index (χ3n) is 3.30. The van der Waals surface area contributed by atoms with Gasteiger partial charge < -0.3 is 15.0 Å². The van der Waals surface area contributed by atoms with Crippen LogP contribution in [0.4, 0.5) is 0 Å². The van der Waals surface area contributed by atoms with Gasteiger partial charge in [0.15, 0.2) is 0 Å². The molecule has 0 saturated heterocycles. The van der Waals surface area contributed by atoms with Gasteiger partial charge in [0.05, 0.1) is 7.11 Å². The van der Waals surface area contributed by atoms with Crippen LogP contribution in [0.1, 0.15) is 41.1 Å². The normalized spacial score (nSPS) is 12.1. The molecule has 4 heteroatoms. The summed E-state index contributed by atoms with van der Waals surface area (Å²) in [7, 11) is 1.38. The molecule has 4 nitrogen and oxygen atoms in total. The topological polar surface area (TPSA) is 54.1 Å². The summed E-state index contributed by atoms with van der Waals surface area (Å²) in [6.07, 6.45) is 1.01. The summed E-state index contributed by atoms with van der Waals surface area (Å²) in [5.41, 5.74) is 2.73. The Morgan fingerprint density at radius 2 is 2.00 bits per heavy atom. The van der Waals surface area contributed by atoms with Crippen LogP contribution in [0.5, 0.6) is 0 Å². The molecule has 0 aliphatic heterocycles. The van der Waals surface area contributed by atoms with E-state index in [1.807, 2.05) is 24.3 Å². The third-order valence-corrected chi connectivity index (χ3v) is 3.30. The lowest BCUT2D eigenvalue weighted by Crippen LogP contribution is -2.20. The van der Waals surface area contributed by atoms with Gasteiger partial charge >= 0.3 is 5.97 Å². The van der Waals surface area contributed by atoms with Crippen LogP contribution in [0.2, 0.25) is 0 Å². The number of ether oxygens (including phenoxy) is 1. The van der Waals surface area contributed by atoms with Crippen molar-refractivity contribution in [2.75, 3.05) is 7.11 Å². The molecule has 2 rings (SSSR count). The number of aromatic amines is 1. The van der Waals surface area contributed by atoms with E-state index in [1.54, 1.807) is 6.07 Å². The van der Waals surface area contributed by atoms with Gasteiger partial charge in [-0.3, -0.25) is 0 Å². The minimum absolute atomic E-state index is 0.307. The van der Waals surface area contributed by atoms with Crippen molar-refractivity contribution in [3.63, 3.8) is 0 Å². The Bertz CT molecular complexity index is 549. The molecule has 0 spiro atoms. The van der Waals surface area contributed by atoms with E-state index in [0.29, 0.717) is 18.3 Å². The molecular formula is C16H20N2O2. The number of carbonyl (C=O) groups excluding carboxylic acids is 1. The van der Waals surface area contributed by atoms with E-state index >= 15 is 0 Å². The number of hydrogen-bond acceptors (Lipinski definition) is 3. The maximum atomic E-state index is 11.4. The smallest absolute Gasteiger partial charge is 0.354 e. The van der Waals surface area contributed by atoms with Crippen LogP contribution in [0.3, 0.4) is 0 Å². The van der Waals surface area contributed by atoms with Crippen LogP contribution in [0, 0.1) is 0 Å². The highest BCUT2D eigenvalue weighted by Gasteiger charge is 2.10. The Kier molecular flexibility index (Phi) is 4.96. The van der Waals surface area contributed by atoms with Crippen LogP contribution < -0.4 is 5.32 Å². The molecule has 1 heterocycles. The number of nitrogens with one attached hydrogen (secondary N) is 2. The molecular weight excluding hydrogens is 252 g/mol. The summed E-state index contributed by atoms with van der Waals surface area (Å²) >= 11 is 0.